The first-order valence-corrected chi connectivity index (χ1v) is 7.89. The van der Waals surface area contributed by atoms with E-state index in [-0.39, 0.29) is 11.6 Å². The smallest absolute Gasteiger partial charge is 0.270 e. The van der Waals surface area contributed by atoms with Gasteiger partial charge in [0.05, 0.1) is 0 Å². The molecule has 0 saturated carbocycles. The molecule has 3 aromatic rings. The number of benzene rings is 2. The molecule has 3 rings (SSSR count). The average Bonchev–Trinajstić information content (AvgIpc) is 2.64. The summed E-state index contributed by atoms with van der Waals surface area (Å²) in [6.07, 6.45) is 1.23. The van der Waals surface area contributed by atoms with Crippen LogP contribution in [0.25, 0.3) is 0 Å². The maximum Gasteiger partial charge on any atom is 0.270 e. The number of halogens is 2. The van der Waals surface area contributed by atoms with Gasteiger partial charge in [-0.1, -0.05) is 29.8 Å². The van der Waals surface area contributed by atoms with Crippen LogP contribution >= 0.6 is 0 Å². The summed E-state index contributed by atoms with van der Waals surface area (Å²) in [5.74, 6) is -1.97. The summed E-state index contributed by atoms with van der Waals surface area (Å²) in [4.78, 5) is 20.2. The molecule has 0 aliphatic rings. The molecular weight excluding hydrogens is 338 g/mol. The molecule has 0 spiro atoms. The molecule has 26 heavy (non-hydrogen) atoms. The molecule has 0 radical (unpaired) electrons. The predicted molar refractivity (Wildman–Crippen MR) is 94.0 cm³/mol. The summed E-state index contributed by atoms with van der Waals surface area (Å²) in [6.45, 7) is 2.36. The Bertz CT molecular complexity index is 929. The van der Waals surface area contributed by atoms with Crippen LogP contribution in [0.2, 0.25) is 0 Å². The van der Waals surface area contributed by atoms with Crippen LogP contribution in [0.1, 0.15) is 21.6 Å². The van der Waals surface area contributed by atoms with Crippen LogP contribution in [0.15, 0.2) is 54.9 Å². The SMILES string of the molecule is Cc1ccc(CNC(=O)c2cc(Nc3ccc(F)c(F)c3)ncn2)cc1. The molecule has 1 heterocycles. The molecule has 7 heteroatoms. The second kappa shape index (κ2) is 7.69. The lowest BCUT2D eigenvalue weighted by Gasteiger charge is -2.08. The second-order valence-corrected chi connectivity index (χ2v) is 5.71. The van der Waals surface area contributed by atoms with Gasteiger partial charge in [0.15, 0.2) is 11.6 Å². The van der Waals surface area contributed by atoms with Crippen LogP contribution in [0, 0.1) is 18.6 Å². The van der Waals surface area contributed by atoms with E-state index in [1.165, 1.54) is 18.5 Å². The van der Waals surface area contributed by atoms with E-state index in [1.807, 2.05) is 31.2 Å². The van der Waals surface area contributed by atoms with Gasteiger partial charge >= 0.3 is 0 Å². The van der Waals surface area contributed by atoms with E-state index in [4.69, 9.17) is 0 Å². The van der Waals surface area contributed by atoms with Crippen molar-refractivity contribution in [3.63, 3.8) is 0 Å². The van der Waals surface area contributed by atoms with E-state index in [2.05, 4.69) is 20.6 Å². The highest BCUT2D eigenvalue weighted by atomic mass is 19.2. The molecule has 0 fully saturated rings. The van der Waals surface area contributed by atoms with Crippen LogP contribution in [0.5, 0.6) is 0 Å². The Morgan fingerprint density at radius 3 is 2.50 bits per heavy atom. The fraction of sp³-hybridized carbons (Fsp3) is 0.105. The number of hydrogen-bond acceptors (Lipinski definition) is 4. The first kappa shape index (κ1) is 17.5. The molecule has 2 aromatic carbocycles. The molecule has 2 N–H and O–H groups in total. The van der Waals surface area contributed by atoms with E-state index >= 15 is 0 Å². The van der Waals surface area contributed by atoms with Crippen LogP contribution in [0.4, 0.5) is 20.3 Å². The molecule has 0 aliphatic heterocycles. The Hall–Kier alpha value is -3.35. The van der Waals surface area contributed by atoms with Gasteiger partial charge in [0.1, 0.15) is 17.8 Å². The molecule has 0 aliphatic carbocycles. The van der Waals surface area contributed by atoms with Gasteiger partial charge < -0.3 is 10.6 Å². The summed E-state index contributed by atoms with van der Waals surface area (Å²) in [7, 11) is 0. The summed E-state index contributed by atoms with van der Waals surface area (Å²) < 4.78 is 26.2. The predicted octanol–water partition coefficient (Wildman–Crippen LogP) is 3.74. The number of nitrogens with zero attached hydrogens (tertiary/aromatic N) is 2. The number of anilines is 2. The third-order valence-electron chi connectivity index (χ3n) is 3.67. The topological polar surface area (TPSA) is 66.9 Å². The van der Waals surface area contributed by atoms with Crippen LogP contribution < -0.4 is 10.6 Å². The number of aromatic nitrogens is 2. The van der Waals surface area contributed by atoms with Crippen molar-refractivity contribution in [2.45, 2.75) is 13.5 Å². The fourth-order valence-corrected chi connectivity index (χ4v) is 2.25. The molecule has 0 unspecified atom stereocenters. The van der Waals surface area contributed by atoms with Gasteiger partial charge in [-0.3, -0.25) is 4.79 Å². The van der Waals surface area contributed by atoms with Gasteiger partial charge in [0, 0.05) is 24.4 Å². The fourth-order valence-electron chi connectivity index (χ4n) is 2.25. The Morgan fingerprint density at radius 2 is 1.77 bits per heavy atom. The average molecular weight is 354 g/mol. The lowest BCUT2D eigenvalue weighted by atomic mass is 10.1. The van der Waals surface area contributed by atoms with E-state index in [9.17, 15) is 13.6 Å². The zero-order valence-corrected chi connectivity index (χ0v) is 14.0. The van der Waals surface area contributed by atoms with E-state index in [1.54, 1.807) is 0 Å². The molecule has 0 saturated heterocycles. The lowest BCUT2D eigenvalue weighted by Crippen LogP contribution is -2.24. The van der Waals surface area contributed by atoms with Crippen LogP contribution in [-0.2, 0) is 6.54 Å². The zero-order chi connectivity index (χ0) is 18.5. The summed E-state index contributed by atoms with van der Waals surface area (Å²) in [6, 6.07) is 12.6. The first-order chi connectivity index (χ1) is 12.5. The first-order valence-electron chi connectivity index (χ1n) is 7.89. The van der Waals surface area contributed by atoms with Crippen molar-refractivity contribution in [1.82, 2.24) is 15.3 Å². The highest BCUT2D eigenvalue weighted by Gasteiger charge is 2.09. The maximum atomic E-state index is 13.3. The van der Waals surface area contributed by atoms with Gasteiger partial charge in [0.25, 0.3) is 5.91 Å². The third kappa shape index (κ3) is 4.38. The van der Waals surface area contributed by atoms with Crippen LogP contribution in [-0.4, -0.2) is 15.9 Å². The Labute approximate surface area is 149 Å². The number of nitrogens with one attached hydrogen (secondary N) is 2. The van der Waals surface area contributed by atoms with Gasteiger partial charge in [0.2, 0.25) is 0 Å². The molecule has 5 nitrogen and oxygen atoms in total. The van der Waals surface area contributed by atoms with E-state index in [0.29, 0.717) is 18.1 Å². The number of amides is 1. The molecular formula is C19H16F2N4O. The Balaban J connectivity index is 1.66. The van der Waals surface area contributed by atoms with Crippen molar-refractivity contribution in [3.8, 4) is 0 Å². The number of aryl methyl sites for hydroxylation is 1. The van der Waals surface area contributed by atoms with Crippen molar-refractivity contribution in [2.24, 2.45) is 0 Å². The minimum atomic E-state index is -0.972. The van der Waals surface area contributed by atoms with Crippen molar-refractivity contribution >= 4 is 17.4 Å². The zero-order valence-electron chi connectivity index (χ0n) is 14.0. The van der Waals surface area contributed by atoms with Crippen LogP contribution in [0.3, 0.4) is 0 Å². The standard InChI is InChI=1S/C19H16F2N4O/c1-12-2-4-13(5-3-12)10-22-19(26)17-9-18(24-11-23-17)25-14-6-7-15(20)16(21)8-14/h2-9,11H,10H2,1H3,(H,22,26)(H,23,24,25). The van der Waals surface area contributed by atoms with Gasteiger partial charge in [-0.2, -0.15) is 0 Å². The maximum absolute atomic E-state index is 13.3. The quantitative estimate of drug-likeness (QED) is 0.733. The van der Waals surface area contributed by atoms with Crippen molar-refractivity contribution in [2.75, 3.05) is 5.32 Å². The highest BCUT2D eigenvalue weighted by molar-refractivity contribution is 5.92. The molecule has 0 bridgehead atoms. The van der Waals surface area contributed by atoms with Crippen molar-refractivity contribution < 1.29 is 13.6 Å². The monoisotopic (exact) mass is 354 g/mol. The van der Waals surface area contributed by atoms with E-state index < -0.39 is 11.6 Å². The van der Waals surface area contributed by atoms with Crippen molar-refractivity contribution in [3.05, 3.63) is 83.3 Å². The second-order valence-electron chi connectivity index (χ2n) is 5.71. The van der Waals surface area contributed by atoms with Crippen molar-refractivity contribution in [1.29, 1.82) is 0 Å². The minimum absolute atomic E-state index is 0.164. The normalized spacial score (nSPS) is 10.4. The molecule has 132 valence electrons. The molecule has 0 atom stereocenters. The summed E-state index contributed by atoms with van der Waals surface area (Å²) in [5, 5.41) is 5.59. The largest absolute Gasteiger partial charge is 0.347 e. The number of rotatable bonds is 5. The Kier molecular flexibility index (Phi) is 5.17. The highest BCUT2D eigenvalue weighted by Crippen LogP contribution is 2.17. The number of carbonyl (C=O) groups excluding carboxylic acids is 1. The summed E-state index contributed by atoms with van der Waals surface area (Å²) in [5.41, 5.74) is 2.59. The lowest BCUT2D eigenvalue weighted by molar-refractivity contribution is 0.0946. The number of carbonyl (C=O) groups is 1. The third-order valence-corrected chi connectivity index (χ3v) is 3.67. The molecule has 1 amide bonds. The minimum Gasteiger partial charge on any atom is -0.347 e. The van der Waals surface area contributed by atoms with Gasteiger partial charge in [-0.05, 0) is 24.6 Å². The Morgan fingerprint density at radius 1 is 1.00 bits per heavy atom. The van der Waals surface area contributed by atoms with Gasteiger partial charge in [-0.25, -0.2) is 18.7 Å². The van der Waals surface area contributed by atoms with Gasteiger partial charge in [-0.15, -0.1) is 0 Å². The van der Waals surface area contributed by atoms with E-state index in [0.717, 1.165) is 23.3 Å². The molecule has 1 aromatic heterocycles. The summed E-state index contributed by atoms with van der Waals surface area (Å²) >= 11 is 0. The number of hydrogen-bond donors (Lipinski definition) is 2.